The van der Waals surface area contributed by atoms with Gasteiger partial charge in [0.25, 0.3) is 5.91 Å². The van der Waals surface area contributed by atoms with Gasteiger partial charge in [0.05, 0.1) is 5.52 Å². The van der Waals surface area contributed by atoms with Gasteiger partial charge < -0.3 is 4.90 Å². The van der Waals surface area contributed by atoms with Crippen molar-refractivity contribution in [1.82, 2.24) is 9.88 Å². The van der Waals surface area contributed by atoms with Gasteiger partial charge in [0.15, 0.2) is 0 Å². The van der Waals surface area contributed by atoms with Crippen LogP contribution in [0.25, 0.3) is 10.9 Å². The van der Waals surface area contributed by atoms with Crippen LogP contribution >= 0.6 is 15.9 Å². The van der Waals surface area contributed by atoms with Gasteiger partial charge in [-0.15, -0.1) is 0 Å². The Balaban J connectivity index is 1.75. The predicted molar refractivity (Wildman–Crippen MR) is 88.8 cm³/mol. The number of hydrogen-bond acceptors (Lipinski definition) is 2. The van der Waals surface area contributed by atoms with Crippen LogP contribution in [0.5, 0.6) is 0 Å². The topological polar surface area (TPSA) is 33.2 Å². The highest BCUT2D eigenvalue weighted by atomic mass is 79.9. The van der Waals surface area contributed by atoms with Crippen molar-refractivity contribution in [3.8, 4) is 0 Å². The normalized spacial score (nSPS) is 17.9. The Labute approximate surface area is 133 Å². The summed E-state index contributed by atoms with van der Waals surface area (Å²) in [6.45, 7) is 3.90. The number of piperidine rings is 1. The van der Waals surface area contributed by atoms with Gasteiger partial charge in [-0.25, -0.2) is 0 Å². The van der Waals surface area contributed by atoms with Crippen molar-refractivity contribution in [3.63, 3.8) is 0 Å². The predicted octanol–water partition coefficient (Wildman–Crippen LogP) is 3.87. The number of fused-ring (bicyclic) bond motifs is 1. The van der Waals surface area contributed by atoms with E-state index in [1.807, 2.05) is 35.2 Å². The molecule has 0 spiro atoms. The first kappa shape index (κ1) is 14.5. The molecule has 110 valence electrons. The Morgan fingerprint density at radius 1 is 1.33 bits per heavy atom. The number of pyridine rings is 1. The first-order valence-corrected chi connectivity index (χ1v) is 8.35. The molecular formula is C17H19BrN2O. The van der Waals surface area contributed by atoms with Crippen molar-refractivity contribution in [1.29, 1.82) is 0 Å². The van der Waals surface area contributed by atoms with Crippen molar-refractivity contribution in [3.05, 3.63) is 42.1 Å². The van der Waals surface area contributed by atoms with E-state index < -0.39 is 0 Å². The fraction of sp³-hybridized carbons (Fsp3) is 0.412. The lowest BCUT2D eigenvalue weighted by atomic mass is 9.94. The first-order valence-electron chi connectivity index (χ1n) is 7.43. The lowest BCUT2D eigenvalue weighted by Gasteiger charge is -2.33. The quantitative estimate of drug-likeness (QED) is 0.773. The molecule has 0 saturated carbocycles. The Kier molecular flexibility index (Phi) is 4.24. The Morgan fingerprint density at radius 3 is 2.81 bits per heavy atom. The molecule has 1 aliphatic rings. The number of likely N-dealkylation sites (tertiary alicyclic amines) is 1. The highest BCUT2D eigenvalue weighted by Crippen LogP contribution is 2.26. The lowest BCUT2D eigenvalue weighted by molar-refractivity contribution is 0.0691. The van der Waals surface area contributed by atoms with Crippen molar-refractivity contribution in [2.75, 3.05) is 13.1 Å². The van der Waals surface area contributed by atoms with Crippen LogP contribution in [-0.2, 0) is 0 Å². The summed E-state index contributed by atoms with van der Waals surface area (Å²) in [5.41, 5.74) is 1.70. The number of aromatic nitrogens is 1. The van der Waals surface area contributed by atoms with Gasteiger partial charge in [0, 0.05) is 35.1 Å². The second-order valence-corrected chi connectivity index (χ2v) is 7.16. The van der Waals surface area contributed by atoms with Gasteiger partial charge in [0.2, 0.25) is 0 Å². The van der Waals surface area contributed by atoms with E-state index >= 15 is 0 Å². The highest BCUT2D eigenvalue weighted by Gasteiger charge is 2.25. The zero-order valence-corrected chi connectivity index (χ0v) is 13.7. The molecule has 0 aliphatic carbocycles. The molecule has 1 aromatic heterocycles. The fourth-order valence-electron chi connectivity index (χ4n) is 2.95. The summed E-state index contributed by atoms with van der Waals surface area (Å²) in [6.07, 6.45) is 3.93. The number of alkyl halides is 1. The maximum Gasteiger partial charge on any atom is 0.253 e. The van der Waals surface area contributed by atoms with Gasteiger partial charge in [0.1, 0.15) is 0 Å². The van der Waals surface area contributed by atoms with Crippen LogP contribution in [0, 0.1) is 5.92 Å². The molecule has 1 atom stereocenters. The summed E-state index contributed by atoms with van der Waals surface area (Å²) in [4.78, 5) is 19.4. The molecule has 1 unspecified atom stereocenters. The summed E-state index contributed by atoms with van der Waals surface area (Å²) in [6, 6.07) is 9.66. The average Bonchev–Trinajstić information content (AvgIpc) is 2.54. The second-order valence-electron chi connectivity index (χ2n) is 5.72. The monoisotopic (exact) mass is 346 g/mol. The zero-order valence-electron chi connectivity index (χ0n) is 12.1. The van der Waals surface area contributed by atoms with Crippen LogP contribution in [0.4, 0.5) is 0 Å². The summed E-state index contributed by atoms with van der Waals surface area (Å²) >= 11 is 3.65. The van der Waals surface area contributed by atoms with Crippen LogP contribution in [0.15, 0.2) is 36.5 Å². The molecule has 1 fully saturated rings. The van der Waals surface area contributed by atoms with Crippen molar-refractivity contribution in [2.24, 2.45) is 5.92 Å². The highest BCUT2D eigenvalue weighted by molar-refractivity contribution is 9.09. The molecule has 1 aromatic carbocycles. The molecule has 1 aliphatic heterocycles. The minimum Gasteiger partial charge on any atom is -0.339 e. The minimum absolute atomic E-state index is 0.140. The van der Waals surface area contributed by atoms with Gasteiger partial charge >= 0.3 is 0 Å². The van der Waals surface area contributed by atoms with E-state index in [4.69, 9.17) is 0 Å². The molecule has 3 nitrogen and oxygen atoms in total. The van der Waals surface area contributed by atoms with E-state index in [2.05, 4.69) is 27.8 Å². The van der Waals surface area contributed by atoms with Gasteiger partial charge in [-0.05, 0) is 43.0 Å². The standard InChI is InChI=1S/C17H19BrN2O/c1-12(18)13-6-9-20(10-7-13)17(21)15-4-5-16-14(11-15)3-2-8-19-16/h2-5,8,11-13H,6-7,9-10H2,1H3. The number of carbonyl (C=O) groups is 1. The SMILES string of the molecule is CC(Br)C1CCN(C(=O)c2ccc3ncccc3c2)CC1. The largest absolute Gasteiger partial charge is 0.339 e. The van der Waals surface area contributed by atoms with Crippen molar-refractivity contribution >= 4 is 32.7 Å². The van der Waals surface area contributed by atoms with E-state index in [1.165, 1.54) is 0 Å². The van der Waals surface area contributed by atoms with Crippen LogP contribution in [0.2, 0.25) is 0 Å². The molecule has 1 saturated heterocycles. The van der Waals surface area contributed by atoms with Crippen LogP contribution < -0.4 is 0 Å². The molecule has 2 aromatic rings. The fourth-order valence-corrected chi connectivity index (χ4v) is 3.48. The third-order valence-electron chi connectivity index (χ3n) is 4.33. The van der Waals surface area contributed by atoms with Gasteiger partial charge in [-0.2, -0.15) is 0 Å². The maximum absolute atomic E-state index is 12.6. The van der Waals surface area contributed by atoms with E-state index in [9.17, 15) is 4.79 Å². The summed E-state index contributed by atoms with van der Waals surface area (Å²) in [5, 5.41) is 1.02. The number of rotatable bonds is 2. The van der Waals surface area contributed by atoms with Gasteiger partial charge in [-0.3, -0.25) is 9.78 Å². The molecule has 21 heavy (non-hydrogen) atoms. The van der Waals surface area contributed by atoms with Gasteiger partial charge in [-0.1, -0.05) is 28.9 Å². The Hall–Kier alpha value is -1.42. The summed E-state index contributed by atoms with van der Waals surface area (Å²) < 4.78 is 0. The molecule has 4 heteroatoms. The van der Waals surface area contributed by atoms with E-state index in [1.54, 1.807) is 6.20 Å². The second kappa shape index (κ2) is 6.14. The smallest absolute Gasteiger partial charge is 0.253 e. The maximum atomic E-state index is 12.6. The first-order chi connectivity index (χ1) is 10.1. The average molecular weight is 347 g/mol. The summed E-state index contributed by atoms with van der Waals surface area (Å²) in [5.74, 6) is 0.816. The third-order valence-corrected chi connectivity index (χ3v) is 5.07. The minimum atomic E-state index is 0.140. The number of amides is 1. The van der Waals surface area contributed by atoms with Crippen molar-refractivity contribution in [2.45, 2.75) is 24.6 Å². The van der Waals surface area contributed by atoms with E-state index in [0.29, 0.717) is 10.7 Å². The molecular weight excluding hydrogens is 328 g/mol. The number of carbonyl (C=O) groups excluding carboxylic acids is 1. The lowest BCUT2D eigenvalue weighted by Crippen LogP contribution is -2.39. The van der Waals surface area contributed by atoms with Crippen LogP contribution in [-0.4, -0.2) is 33.7 Å². The Morgan fingerprint density at radius 2 is 2.10 bits per heavy atom. The molecule has 0 N–H and O–H groups in total. The number of benzene rings is 1. The van der Waals surface area contributed by atoms with Crippen LogP contribution in [0.1, 0.15) is 30.1 Å². The van der Waals surface area contributed by atoms with Crippen molar-refractivity contribution < 1.29 is 4.79 Å². The summed E-state index contributed by atoms with van der Waals surface area (Å²) in [7, 11) is 0. The molecule has 3 rings (SSSR count). The molecule has 0 bridgehead atoms. The number of hydrogen-bond donors (Lipinski definition) is 0. The number of nitrogens with zero attached hydrogens (tertiary/aromatic N) is 2. The Bertz CT molecular complexity index is 648. The molecule has 0 radical (unpaired) electrons. The number of halogens is 1. The van der Waals surface area contributed by atoms with Crippen LogP contribution in [0.3, 0.4) is 0 Å². The van der Waals surface area contributed by atoms with E-state index in [0.717, 1.165) is 42.4 Å². The molecule has 2 heterocycles. The van der Waals surface area contributed by atoms with E-state index in [-0.39, 0.29) is 5.91 Å². The molecule has 1 amide bonds. The third kappa shape index (κ3) is 3.10. The zero-order chi connectivity index (χ0) is 14.8.